The molecule has 1 N–H and O–H groups in total. The van der Waals surface area contributed by atoms with E-state index in [1.165, 1.54) is 0 Å². The highest BCUT2D eigenvalue weighted by Gasteiger charge is 2.14. The Balaban J connectivity index is 1.55. The van der Waals surface area contributed by atoms with E-state index in [4.69, 9.17) is 8.94 Å². The molecule has 0 atom stereocenters. The number of nitrogens with zero attached hydrogens (tertiary/aromatic N) is 4. The zero-order chi connectivity index (χ0) is 17.8. The van der Waals surface area contributed by atoms with E-state index in [9.17, 15) is 4.79 Å². The van der Waals surface area contributed by atoms with Crippen LogP contribution in [-0.4, -0.2) is 39.8 Å². The summed E-state index contributed by atoms with van der Waals surface area (Å²) in [5.74, 6) is 1.70. The molecule has 1 aromatic carbocycles. The van der Waals surface area contributed by atoms with E-state index in [1.54, 1.807) is 24.9 Å². The molecule has 0 unspecified atom stereocenters. The first-order chi connectivity index (χ1) is 12.0. The molecule has 2 aromatic heterocycles. The van der Waals surface area contributed by atoms with Crippen LogP contribution in [0.15, 0.2) is 43.7 Å². The van der Waals surface area contributed by atoms with E-state index in [2.05, 4.69) is 36.6 Å². The fourth-order valence-corrected chi connectivity index (χ4v) is 2.43. The van der Waals surface area contributed by atoms with Crippen molar-refractivity contribution in [1.82, 2.24) is 20.3 Å². The highest BCUT2D eigenvalue weighted by Crippen LogP contribution is 2.20. The fourth-order valence-electron chi connectivity index (χ4n) is 2.17. The van der Waals surface area contributed by atoms with Gasteiger partial charge in [-0.25, -0.2) is 0 Å². The van der Waals surface area contributed by atoms with Crippen molar-refractivity contribution in [1.29, 1.82) is 0 Å². The molecule has 0 aliphatic rings. The van der Waals surface area contributed by atoms with E-state index in [-0.39, 0.29) is 12.5 Å². The molecule has 0 aliphatic carbocycles. The molecule has 130 valence electrons. The molecule has 9 heteroatoms. The van der Waals surface area contributed by atoms with Crippen LogP contribution < -0.4 is 5.32 Å². The van der Waals surface area contributed by atoms with Crippen LogP contribution in [0.1, 0.15) is 11.7 Å². The molecule has 0 aliphatic heterocycles. The van der Waals surface area contributed by atoms with Crippen molar-refractivity contribution in [2.24, 2.45) is 0 Å². The first-order valence-electron chi connectivity index (χ1n) is 7.49. The van der Waals surface area contributed by atoms with E-state index >= 15 is 0 Å². The summed E-state index contributed by atoms with van der Waals surface area (Å²) in [6.07, 6.45) is 0. The largest absolute Gasteiger partial charge is 0.419 e. The molecule has 0 spiro atoms. The maximum Gasteiger partial charge on any atom is 0.247 e. The molecule has 0 fully saturated rings. The van der Waals surface area contributed by atoms with Crippen LogP contribution in [0, 0.1) is 6.92 Å². The summed E-state index contributed by atoms with van der Waals surface area (Å²) >= 11 is 3.38. The highest BCUT2D eigenvalue weighted by molar-refractivity contribution is 9.10. The van der Waals surface area contributed by atoms with Crippen LogP contribution in [0.2, 0.25) is 0 Å². The van der Waals surface area contributed by atoms with Gasteiger partial charge in [-0.3, -0.25) is 9.69 Å². The van der Waals surface area contributed by atoms with Gasteiger partial charge in [0.1, 0.15) is 5.76 Å². The molecule has 0 saturated heterocycles. The van der Waals surface area contributed by atoms with Crippen molar-refractivity contribution in [3.8, 4) is 11.5 Å². The standard InChI is InChI=1S/C16H16BrN5O3/c1-10-7-13(21-25-10)18-14(23)8-22(2)9-15-19-20-16(24-15)11-3-5-12(17)6-4-11/h3-7H,8-9H2,1-2H3,(H,18,21,23). The van der Waals surface area contributed by atoms with E-state index < -0.39 is 0 Å². The highest BCUT2D eigenvalue weighted by atomic mass is 79.9. The van der Waals surface area contributed by atoms with E-state index in [0.29, 0.717) is 29.9 Å². The average Bonchev–Trinajstić information content (AvgIpc) is 3.17. The van der Waals surface area contributed by atoms with Crippen LogP contribution in [0.3, 0.4) is 0 Å². The molecule has 3 rings (SSSR count). The molecule has 0 bridgehead atoms. The summed E-state index contributed by atoms with van der Waals surface area (Å²) in [6.45, 7) is 2.27. The molecule has 8 nitrogen and oxygen atoms in total. The van der Waals surface area contributed by atoms with E-state index in [0.717, 1.165) is 10.0 Å². The van der Waals surface area contributed by atoms with Crippen molar-refractivity contribution in [2.45, 2.75) is 13.5 Å². The Hall–Kier alpha value is -2.52. The number of carbonyl (C=O) groups is 1. The molecular weight excluding hydrogens is 390 g/mol. The Bertz CT molecular complexity index is 859. The Morgan fingerprint density at radius 2 is 2.04 bits per heavy atom. The summed E-state index contributed by atoms with van der Waals surface area (Å²) < 4.78 is 11.5. The van der Waals surface area contributed by atoms with Crippen LogP contribution >= 0.6 is 15.9 Å². The maximum atomic E-state index is 12.0. The van der Waals surface area contributed by atoms with Gasteiger partial charge in [0.2, 0.25) is 17.7 Å². The number of amides is 1. The number of hydrogen-bond acceptors (Lipinski definition) is 7. The first kappa shape index (κ1) is 17.3. The lowest BCUT2D eigenvalue weighted by Crippen LogP contribution is -2.30. The second kappa shape index (κ2) is 7.58. The van der Waals surface area contributed by atoms with Gasteiger partial charge in [0, 0.05) is 16.1 Å². The van der Waals surface area contributed by atoms with Crippen molar-refractivity contribution >= 4 is 27.7 Å². The minimum atomic E-state index is -0.205. The molecule has 1 amide bonds. The predicted molar refractivity (Wildman–Crippen MR) is 93.6 cm³/mol. The van der Waals surface area contributed by atoms with Gasteiger partial charge in [0.15, 0.2) is 5.82 Å². The van der Waals surface area contributed by atoms with E-state index in [1.807, 2.05) is 24.3 Å². The average molecular weight is 406 g/mol. The van der Waals surface area contributed by atoms with Gasteiger partial charge >= 0.3 is 0 Å². The second-order valence-electron chi connectivity index (χ2n) is 5.55. The van der Waals surface area contributed by atoms with Crippen molar-refractivity contribution < 1.29 is 13.7 Å². The third-order valence-corrected chi connectivity index (χ3v) is 3.80. The SMILES string of the molecule is Cc1cc(NC(=O)CN(C)Cc2nnc(-c3ccc(Br)cc3)o2)no1. The lowest BCUT2D eigenvalue weighted by atomic mass is 10.2. The number of likely N-dealkylation sites (N-methyl/N-ethyl adjacent to an activating group) is 1. The van der Waals surface area contributed by atoms with Crippen molar-refractivity contribution in [2.75, 3.05) is 18.9 Å². The lowest BCUT2D eigenvalue weighted by molar-refractivity contribution is -0.117. The number of benzene rings is 1. The van der Waals surface area contributed by atoms with Crippen molar-refractivity contribution in [3.05, 3.63) is 46.5 Å². The summed E-state index contributed by atoms with van der Waals surface area (Å²) in [6, 6.07) is 9.24. The maximum absolute atomic E-state index is 12.0. The number of aryl methyl sites for hydroxylation is 1. The van der Waals surface area contributed by atoms with Gasteiger partial charge in [-0.15, -0.1) is 10.2 Å². The van der Waals surface area contributed by atoms with Gasteiger partial charge in [0.05, 0.1) is 13.1 Å². The predicted octanol–water partition coefficient (Wildman–Crippen LogP) is 2.87. The zero-order valence-corrected chi connectivity index (χ0v) is 15.3. The number of halogens is 1. The number of nitrogens with one attached hydrogen (secondary N) is 1. The Kier molecular flexibility index (Phi) is 5.25. The summed E-state index contributed by atoms with van der Waals surface area (Å²) in [5.41, 5.74) is 0.837. The van der Waals surface area contributed by atoms with Gasteiger partial charge < -0.3 is 14.3 Å². The lowest BCUT2D eigenvalue weighted by Gasteiger charge is -2.12. The van der Waals surface area contributed by atoms with Gasteiger partial charge in [0.25, 0.3) is 0 Å². The van der Waals surface area contributed by atoms with Crippen molar-refractivity contribution in [3.63, 3.8) is 0 Å². The minimum Gasteiger partial charge on any atom is -0.419 e. The normalized spacial score (nSPS) is 11.0. The molecule has 25 heavy (non-hydrogen) atoms. The number of aromatic nitrogens is 3. The van der Waals surface area contributed by atoms with Gasteiger partial charge in [-0.1, -0.05) is 21.1 Å². The molecule has 2 heterocycles. The Morgan fingerprint density at radius 3 is 2.72 bits per heavy atom. The van der Waals surface area contributed by atoms with Crippen LogP contribution in [0.25, 0.3) is 11.5 Å². The summed E-state index contributed by atoms with van der Waals surface area (Å²) in [4.78, 5) is 13.7. The van der Waals surface area contributed by atoms with Crippen LogP contribution in [-0.2, 0) is 11.3 Å². The molecule has 3 aromatic rings. The monoisotopic (exact) mass is 405 g/mol. The van der Waals surface area contributed by atoms with Gasteiger partial charge in [-0.05, 0) is 38.2 Å². The smallest absolute Gasteiger partial charge is 0.247 e. The minimum absolute atomic E-state index is 0.155. The first-order valence-corrected chi connectivity index (χ1v) is 8.29. The number of hydrogen-bond donors (Lipinski definition) is 1. The quantitative estimate of drug-likeness (QED) is 0.672. The Labute approximate surface area is 152 Å². The topological polar surface area (TPSA) is 97.3 Å². The molecular formula is C16H16BrN5O3. The number of rotatable bonds is 6. The second-order valence-corrected chi connectivity index (χ2v) is 6.47. The third-order valence-electron chi connectivity index (χ3n) is 3.27. The zero-order valence-electron chi connectivity index (χ0n) is 13.7. The molecule has 0 radical (unpaired) electrons. The summed E-state index contributed by atoms with van der Waals surface area (Å²) in [7, 11) is 1.79. The Morgan fingerprint density at radius 1 is 1.28 bits per heavy atom. The summed E-state index contributed by atoms with van der Waals surface area (Å²) in [5, 5.41) is 14.4. The molecule has 0 saturated carbocycles. The number of carbonyl (C=O) groups excluding carboxylic acids is 1. The van der Waals surface area contributed by atoms with Crippen LogP contribution in [0.4, 0.5) is 5.82 Å². The fraction of sp³-hybridized carbons (Fsp3) is 0.250. The van der Waals surface area contributed by atoms with Gasteiger partial charge in [-0.2, -0.15) is 0 Å². The third kappa shape index (κ3) is 4.74. The number of anilines is 1. The van der Waals surface area contributed by atoms with Crippen LogP contribution in [0.5, 0.6) is 0 Å².